The van der Waals surface area contributed by atoms with Crippen molar-refractivity contribution < 1.29 is 4.79 Å². The topological polar surface area (TPSA) is 57.8 Å². The minimum Gasteiger partial charge on any atom is -0.321 e. The van der Waals surface area contributed by atoms with Gasteiger partial charge in [0.25, 0.3) is 5.91 Å². The van der Waals surface area contributed by atoms with E-state index in [-0.39, 0.29) is 5.57 Å². The maximum atomic E-state index is 12.4. The second kappa shape index (κ2) is 8.17. The average molecular weight is 471 g/mol. The summed E-state index contributed by atoms with van der Waals surface area (Å²) in [5.74, 6) is -0.450. The molecule has 0 radical (unpaired) electrons. The molecule has 0 saturated carbocycles. The number of nitrogens with one attached hydrogen (secondary N) is 1. The second-order valence-corrected chi connectivity index (χ2v) is 7.25. The molecule has 26 heavy (non-hydrogen) atoms. The number of nitrogens with zero attached hydrogens (tertiary/aromatic N) is 2. The Labute approximate surface area is 168 Å². The molecule has 1 heterocycles. The molecule has 6 heteroatoms. The number of carbonyl (C=O) groups excluding carboxylic acids is 1. The molecule has 128 valence electrons. The molecular formula is C20H13Br2N3O. The van der Waals surface area contributed by atoms with Gasteiger partial charge in [0.1, 0.15) is 11.6 Å². The Morgan fingerprint density at radius 1 is 1.04 bits per heavy atom. The predicted molar refractivity (Wildman–Crippen MR) is 110 cm³/mol. The summed E-state index contributed by atoms with van der Waals surface area (Å²) in [6.45, 7) is 0. The highest BCUT2D eigenvalue weighted by Gasteiger charge is 2.11. The predicted octanol–water partition coefficient (Wildman–Crippen LogP) is 5.55. The van der Waals surface area contributed by atoms with Crippen LogP contribution in [0.15, 0.2) is 81.4 Å². The number of amides is 1. The number of aromatic nitrogens is 1. The van der Waals surface area contributed by atoms with Crippen molar-refractivity contribution in [3.8, 4) is 11.8 Å². The van der Waals surface area contributed by atoms with Crippen LogP contribution in [-0.4, -0.2) is 10.5 Å². The van der Waals surface area contributed by atoms with Gasteiger partial charge in [-0.05, 0) is 60.7 Å². The van der Waals surface area contributed by atoms with Gasteiger partial charge in [-0.15, -0.1) is 0 Å². The van der Waals surface area contributed by atoms with Crippen LogP contribution in [0.3, 0.4) is 0 Å². The molecule has 1 aromatic heterocycles. The Balaban J connectivity index is 1.88. The lowest BCUT2D eigenvalue weighted by Gasteiger charge is -2.08. The smallest absolute Gasteiger partial charge is 0.266 e. The fourth-order valence-corrected chi connectivity index (χ4v) is 3.07. The van der Waals surface area contributed by atoms with Crippen molar-refractivity contribution in [3.05, 3.63) is 87.1 Å². The van der Waals surface area contributed by atoms with E-state index in [2.05, 4.69) is 37.2 Å². The van der Waals surface area contributed by atoms with Crippen molar-refractivity contribution >= 4 is 49.5 Å². The molecule has 0 aliphatic heterocycles. The SMILES string of the molecule is N#C/C(=C/c1cccn1-c1ccc(Br)cc1)C(=O)Nc1cccc(Br)c1. The van der Waals surface area contributed by atoms with Crippen molar-refractivity contribution in [1.29, 1.82) is 5.26 Å². The van der Waals surface area contributed by atoms with Gasteiger partial charge in [0.2, 0.25) is 0 Å². The van der Waals surface area contributed by atoms with Gasteiger partial charge in [-0.1, -0.05) is 37.9 Å². The lowest BCUT2D eigenvalue weighted by molar-refractivity contribution is -0.112. The standard InChI is InChI=1S/C20H13Br2N3O/c21-15-6-8-18(9-7-15)25-10-2-5-19(25)11-14(13-23)20(26)24-17-4-1-3-16(22)12-17/h1-12H,(H,24,26)/b14-11-. The third-order valence-electron chi connectivity index (χ3n) is 3.62. The molecule has 0 spiro atoms. The first-order valence-corrected chi connectivity index (χ1v) is 9.27. The summed E-state index contributed by atoms with van der Waals surface area (Å²) in [7, 11) is 0. The van der Waals surface area contributed by atoms with Crippen molar-refractivity contribution in [2.75, 3.05) is 5.32 Å². The van der Waals surface area contributed by atoms with E-state index >= 15 is 0 Å². The Bertz CT molecular complexity index is 1010. The minimum absolute atomic E-state index is 0.0297. The molecule has 3 aromatic rings. The third kappa shape index (κ3) is 4.31. The zero-order chi connectivity index (χ0) is 18.5. The zero-order valence-corrected chi connectivity index (χ0v) is 16.7. The van der Waals surface area contributed by atoms with Gasteiger partial charge in [-0.25, -0.2) is 0 Å². The van der Waals surface area contributed by atoms with Crippen LogP contribution >= 0.6 is 31.9 Å². The Morgan fingerprint density at radius 2 is 1.81 bits per heavy atom. The molecule has 0 saturated heterocycles. The lowest BCUT2D eigenvalue weighted by atomic mass is 10.2. The first-order chi connectivity index (χ1) is 12.6. The number of nitriles is 1. The van der Waals surface area contributed by atoms with E-state index in [1.807, 2.05) is 65.4 Å². The lowest BCUT2D eigenvalue weighted by Crippen LogP contribution is -2.13. The van der Waals surface area contributed by atoms with E-state index in [1.165, 1.54) is 0 Å². The van der Waals surface area contributed by atoms with Gasteiger partial charge in [0.05, 0.1) is 0 Å². The van der Waals surface area contributed by atoms with E-state index in [0.29, 0.717) is 5.69 Å². The molecule has 2 aromatic carbocycles. The van der Waals surface area contributed by atoms with Crippen LogP contribution < -0.4 is 5.32 Å². The maximum absolute atomic E-state index is 12.4. The highest BCUT2D eigenvalue weighted by atomic mass is 79.9. The van der Waals surface area contributed by atoms with E-state index in [9.17, 15) is 10.1 Å². The average Bonchev–Trinajstić information content (AvgIpc) is 3.08. The number of benzene rings is 2. The Kier molecular flexibility index (Phi) is 5.71. The zero-order valence-electron chi connectivity index (χ0n) is 13.5. The summed E-state index contributed by atoms with van der Waals surface area (Å²) in [4.78, 5) is 12.4. The monoisotopic (exact) mass is 469 g/mol. The molecule has 0 bridgehead atoms. The van der Waals surface area contributed by atoms with Crippen LogP contribution in [-0.2, 0) is 4.79 Å². The summed E-state index contributed by atoms with van der Waals surface area (Å²) in [5.41, 5.74) is 2.33. The molecule has 0 aliphatic rings. The number of rotatable bonds is 4. The highest BCUT2D eigenvalue weighted by molar-refractivity contribution is 9.10. The van der Waals surface area contributed by atoms with Crippen LogP contribution in [0, 0.1) is 11.3 Å². The van der Waals surface area contributed by atoms with E-state index < -0.39 is 5.91 Å². The summed E-state index contributed by atoms with van der Waals surface area (Å²) in [5, 5.41) is 12.2. The minimum atomic E-state index is -0.450. The van der Waals surface area contributed by atoms with Gasteiger partial charge in [0, 0.05) is 32.2 Å². The number of hydrogen-bond acceptors (Lipinski definition) is 2. The molecule has 0 fully saturated rings. The van der Waals surface area contributed by atoms with Gasteiger partial charge < -0.3 is 9.88 Å². The molecule has 0 unspecified atom stereocenters. The molecule has 1 amide bonds. The Morgan fingerprint density at radius 3 is 2.50 bits per heavy atom. The highest BCUT2D eigenvalue weighted by Crippen LogP contribution is 2.20. The second-order valence-electron chi connectivity index (χ2n) is 5.41. The third-order valence-corrected chi connectivity index (χ3v) is 4.65. The quantitative estimate of drug-likeness (QED) is 0.401. The molecule has 3 rings (SSSR count). The first kappa shape index (κ1) is 18.2. The normalized spacial score (nSPS) is 11.0. The number of halogens is 2. The summed E-state index contributed by atoms with van der Waals surface area (Å²) >= 11 is 6.77. The fraction of sp³-hybridized carbons (Fsp3) is 0. The summed E-state index contributed by atoms with van der Waals surface area (Å²) in [6, 6.07) is 20.7. The first-order valence-electron chi connectivity index (χ1n) is 7.69. The van der Waals surface area contributed by atoms with E-state index in [4.69, 9.17) is 0 Å². The van der Waals surface area contributed by atoms with Crippen LogP contribution in [0.4, 0.5) is 5.69 Å². The molecule has 0 atom stereocenters. The van der Waals surface area contributed by atoms with Crippen molar-refractivity contribution in [1.82, 2.24) is 4.57 Å². The molecule has 4 nitrogen and oxygen atoms in total. The van der Waals surface area contributed by atoms with Crippen LogP contribution in [0.5, 0.6) is 0 Å². The van der Waals surface area contributed by atoms with Crippen molar-refractivity contribution in [3.63, 3.8) is 0 Å². The van der Waals surface area contributed by atoms with E-state index in [1.54, 1.807) is 18.2 Å². The van der Waals surface area contributed by atoms with E-state index in [0.717, 1.165) is 20.3 Å². The van der Waals surface area contributed by atoms with Gasteiger partial charge in [-0.3, -0.25) is 4.79 Å². The van der Waals surface area contributed by atoms with Crippen LogP contribution in [0.1, 0.15) is 5.69 Å². The van der Waals surface area contributed by atoms with Crippen LogP contribution in [0.25, 0.3) is 11.8 Å². The largest absolute Gasteiger partial charge is 0.321 e. The fourth-order valence-electron chi connectivity index (χ4n) is 2.41. The van der Waals surface area contributed by atoms with Gasteiger partial charge in [-0.2, -0.15) is 5.26 Å². The number of anilines is 1. The summed E-state index contributed by atoms with van der Waals surface area (Å²) < 4.78 is 3.74. The van der Waals surface area contributed by atoms with Crippen molar-refractivity contribution in [2.24, 2.45) is 0 Å². The van der Waals surface area contributed by atoms with Gasteiger partial charge >= 0.3 is 0 Å². The van der Waals surface area contributed by atoms with Gasteiger partial charge in [0.15, 0.2) is 0 Å². The molecule has 1 N–H and O–H groups in total. The maximum Gasteiger partial charge on any atom is 0.266 e. The number of hydrogen-bond donors (Lipinski definition) is 1. The summed E-state index contributed by atoms with van der Waals surface area (Å²) in [6.07, 6.45) is 3.46. The molecular weight excluding hydrogens is 458 g/mol. The number of carbonyl (C=O) groups is 1. The Hall–Kier alpha value is -2.62. The van der Waals surface area contributed by atoms with Crippen LogP contribution in [0.2, 0.25) is 0 Å². The molecule has 0 aliphatic carbocycles. The van der Waals surface area contributed by atoms with Crippen molar-refractivity contribution in [2.45, 2.75) is 0 Å².